The largest absolute Gasteiger partial charge is 0.334 e. The number of rotatable bonds is 3. The van der Waals surface area contributed by atoms with Gasteiger partial charge in [-0.1, -0.05) is 6.42 Å². The molecule has 2 amide bonds. The molecule has 0 aromatic carbocycles. The average molecular weight is 318 g/mol. The van der Waals surface area contributed by atoms with Crippen LogP contribution in [-0.2, 0) is 19.5 Å². The molecule has 4 rings (SSSR count). The molecule has 1 N–H and O–H groups in total. The molecule has 126 valence electrons. The van der Waals surface area contributed by atoms with Gasteiger partial charge < -0.3 is 14.8 Å². The van der Waals surface area contributed by atoms with Gasteiger partial charge in [0.25, 0.3) is 0 Å². The maximum Gasteiger partial charge on any atom is 0.317 e. The molecule has 1 aromatic heterocycles. The number of nitrogens with zero attached hydrogens (tertiary/aromatic N) is 5. The van der Waals surface area contributed by atoms with E-state index >= 15 is 0 Å². The van der Waals surface area contributed by atoms with Gasteiger partial charge in [-0.05, 0) is 32.2 Å². The van der Waals surface area contributed by atoms with Crippen LogP contribution in [0.4, 0.5) is 4.79 Å². The summed E-state index contributed by atoms with van der Waals surface area (Å²) in [7, 11) is 1.85. The van der Waals surface area contributed by atoms with E-state index in [0.29, 0.717) is 18.6 Å². The molecule has 2 atom stereocenters. The van der Waals surface area contributed by atoms with Crippen molar-refractivity contribution in [2.75, 3.05) is 20.1 Å². The molecule has 2 fully saturated rings. The van der Waals surface area contributed by atoms with E-state index in [4.69, 9.17) is 0 Å². The molecule has 7 heteroatoms. The fourth-order valence-electron chi connectivity index (χ4n) is 4.30. The first kappa shape index (κ1) is 14.9. The highest BCUT2D eigenvalue weighted by Crippen LogP contribution is 2.27. The van der Waals surface area contributed by atoms with Crippen LogP contribution in [0.5, 0.6) is 0 Å². The molecule has 0 saturated carbocycles. The van der Waals surface area contributed by atoms with Crippen molar-refractivity contribution in [1.29, 1.82) is 0 Å². The minimum absolute atomic E-state index is 0.0118. The van der Waals surface area contributed by atoms with Gasteiger partial charge in [-0.2, -0.15) is 0 Å². The molecular weight excluding hydrogens is 292 g/mol. The van der Waals surface area contributed by atoms with E-state index in [2.05, 4.69) is 25.0 Å². The van der Waals surface area contributed by atoms with E-state index in [1.807, 2.05) is 7.05 Å². The number of amides is 2. The highest BCUT2D eigenvalue weighted by Gasteiger charge is 2.36. The van der Waals surface area contributed by atoms with Crippen molar-refractivity contribution >= 4 is 6.03 Å². The Morgan fingerprint density at radius 3 is 3.04 bits per heavy atom. The second-order valence-corrected chi connectivity index (χ2v) is 7.09. The molecule has 0 aliphatic carbocycles. The minimum atomic E-state index is 0.0118. The second-order valence-electron chi connectivity index (χ2n) is 7.09. The first-order chi connectivity index (χ1) is 11.2. The van der Waals surface area contributed by atoms with Crippen molar-refractivity contribution < 1.29 is 4.79 Å². The van der Waals surface area contributed by atoms with E-state index in [9.17, 15) is 4.79 Å². The van der Waals surface area contributed by atoms with Crippen LogP contribution in [0, 0.1) is 0 Å². The van der Waals surface area contributed by atoms with E-state index in [1.165, 1.54) is 25.8 Å². The summed E-state index contributed by atoms with van der Waals surface area (Å²) in [5, 5.41) is 11.7. The summed E-state index contributed by atoms with van der Waals surface area (Å²) in [4.78, 5) is 16.8. The van der Waals surface area contributed by atoms with Crippen molar-refractivity contribution in [3.05, 3.63) is 11.6 Å². The van der Waals surface area contributed by atoms with Crippen LogP contribution in [0.15, 0.2) is 0 Å². The Labute approximate surface area is 137 Å². The van der Waals surface area contributed by atoms with Crippen molar-refractivity contribution in [2.24, 2.45) is 0 Å². The molecule has 3 aliphatic rings. The van der Waals surface area contributed by atoms with Crippen molar-refractivity contribution in [3.63, 3.8) is 0 Å². The zero-order valence-electron chi connectivity index (χ0n) is 13.9. The van der Waals surface area contributed by atoms with Gasteiger partial charge in [0, 0.05) is 38.6 Å². The van der Waals surface area contributed by atoms with Gasteiger partial charge in [0.2, 0.25) is 0 Å². The number of fused-ring (bicyclic) bond motifs is 2. The van der Waals surface area contributed by atoms with Gasteiger partial charge in [0.05, 0.1) is 6.54 Å². The molecule has 1 aromatic rings. The zero-order valence-corrected chi connectivity index (χ0v) is 13.9. The predicted molar refractivity (Wildman–Crippen MR) is 86.0 cm³/mol. The smallest absolute Gasteiger partial charge is 0.317 e. The van der Waals surface area contributed by atoms with Crippen LogP contribution in [-0.4, -0.2) is 62.8 Å². The number of nitrogens with one attached hydrogen (secondary N) is 1. The lowest BCUT2D eigenvalue weighted by molar-refractivity contribution is 0.170. The Balaban J connectivity index is 1.35. The minimum Gasteiger partial charge on any atom is -0.334 e. The monoisotopic (exact) mass is 318 g/mol. The molecule has 7 nitrogen and oxygen atoms in total. The van der Waals surface area contributed by atoms with E-state index in [-0.39, 0.29) is 6.03 Å². The molecule has 2 unspecified atom stereocenters. The molecule has 3 aliphatic heterocycles. The normalized spacial score (nSPS) is 26.8. The van der Waals surface area contributed by atoms with Crippen molar-refractivity contribution in [1.82, 2.24) is 29.9 Å². The molecule has 23 heavy (non-hydrogen) atoms. The van der Waals surface area contributed by atoms with Gasteiger partial charge in [0.15, 0.2) is 5.82 Å². The van der Waals surface area contributed by atoms with Crippen LogP contribution in [0.1, 0.15) is 43.8 Å². The van der Waals surface area contributed by atoms with Crippen molar-refractivity contribution in [3.8, 4) is 0 Å². The van der Waals surface area contributed by atoms with Gasteiger partial charge in [-0.25, -0.2) is 4.79 Å². The maximum absolute atomic E-state index is 12.5. The molecule has 2 saturated heterocycles. The third kappa shape index (κ3) is 2.82. The molecule has 0 radical (unpaired) electrons. The molecule has 0 spiro atoms. The predicted octanol–water partition coefficient (Wildman–Crippen LogP) is 0.992. The fourth-order valence-corrected chi connectivity index (χ4v) is 4.30. The Morgan fingerprint density at radius 1 is 1.22 bits per heavy atom. The molecule has 4 heterocycles. The maximum atomic E-state index is 12.5. The lowest BCUT2D eigenvalue weighted by Crippen LogP contribution is -2.50. The van der Waals surface area contributed by atoms with Gasteiger partial charge in [-0.15, -0.1) is 10.2 Å². The molecule has 0 bridgehead atoms. The Bertz CT molecular complexity index is 585. The quantitative estimate of drug-likeness (QED) is 0.903. The summed E-state index contributed by atoms with van der Waals surface area (Å²) < 4.78 is 2.15. The first-order valence-electron chi connectivity index (χ1n) is 8.89. The lowest BCUT2D eigenvalue weighted by atomic mass is 9.99. The number of carbonyl (C=O) groups is 1. The third-order valence-corrected chi connectivity index (χ3v) is 5.58. The topological polar surface area (TPSA) is 66.3 Å². The van der Waals surface area contributed by atoms with Crippen molar-refractivity contribution in [2.45, 2.75) is 63.7 Å². The summed E-state index contributed by atoms with van der Waals surface area (Å²) in [5.41, 5.74) is 0. The van der Waals surface area contributed by atoms with E-state index in [0.717, 1.165) is 44.0 Å². The van der Waals surface area contributed by atoms with Crippen LogP contribution in [0.2, 0.25) is 0 Å². The number of aryl methyl sites for hydroxylation is 1. The van der Waals surface area contributed by atoms with Crippen LogP contribution >= 0.6 is 0 Å². The standard InChI is InChI=1S/C16H26N6O/c1-20(11-15-19-18-14-6-4-9-22(14)15)16(23)17-12-7-10-21-8-3-2-5-13(12)21/h12-13H,2-11H2,1H3,(H,17,23). The Hall–Kier alpha value is -1.63. The highest BCUT2D eigenvalue weighted by molar-refractivity contribution is 5.74. The number of hydrogen-bond acceptors (Lipinski definition) is 4. The van der Waals surface area contributed by atoms with Crippen LogP contribution in [0.3, 0.4) is 0 Å². The van der Waals surface area contributed by atoms with Gasteiger partial charge in [0.1, 0.15) is 5.82 Å². The molecular formula is C16H26N6O. The first-order valence-corrected chi connectivity index (χ1v) is 8.89. The number of piperidine rings is 1. The summed E-state index contributed by atoms with van der Waals surface area (Å²) >= 11 is 0. The summed E-state index contributed by atoms with van der Waals surface area (Å²) in [6, 6.07) is 0.852. The number of hydrogen-bond donors (Lipinski definition) is 1. The summed E-state index contributed by atoms with van der Waals surface area (Å²) in [6.45, 7) is 3.82. The van der Waals surface area contributed by atoms with Gasteiger partial charge >= 0.3 is 6.03 Å². The lowest BCUT2D eigenvalue weighted by Gasteiger charge is -2.33. The number of urea groups is 1. The Morgan fingerprint density at radius 2 is 2.13 bits per heavy atom. The number of carbonyl (C=O) groups excluding carboxylic acids is 1. The van der Waals surface area contributed by atoms with Crippen LogP contribution in [0.25, 0.3) is 0 Å². The number of aromatic nitrogens is 3. The van der Waals surface area contributed by atoms with Gasteiger partial charge in [-0.3, -0.25) is 4.90 Å². The summed E-state index contributed by atoms with van der Waals surface area (Å²) in [6.07, 6.45) is 7.01. The Kier molecular flexibility index (Phi) is 3.97. The van der Waals surface area contributed by atoms with Crippen LogP contribution < -0.4 is 5.32 Å². The van der Waals surface area contributed by atoms with E-state index in [1.54, 1.807) is 4.90 Å². The summed E-state index contributed by atoms with van der Waals surface area (Å²) in [5.74, 6) is 1.96. The second kappa shape index (κ2) is 6.11. The fraction of sp³-hybridized carbons (Fsp3) is 0.812. The van der Waals surface area contributed by atoms with E-state index < -0.39 is 0 Å². The highest BCUT2D eigenvalue weighted by atomic mass is 16.2. The third-order valence-electron chi connectivity index (χ3n) is 5.58. The zero-order chi connectivity index (χ0) is 15.8. The SMILES string of the molecule is CN(Cc1nnc2n1CCC2)C(=O)NC1CCN2CCCCC12. The average Bonchev–Trinajstić information content (AvgIpc) is 3.25.